The Hall–Kier alpha value is -12.0. The fourth-order valence-corrected chi connectivity index (χ4v) is 13.9. The van der Waals surface area contributed by atoms with E-state index in [0.29, 0.717) is 148 Å². The number of nitrogens with two attached hydrogens (primary N) is 1. The summed E-state index contributed by atoms with van der Waals surface area (Å²) in [5.41, 5.74) is 10.2. The van der Waals surface area contributed by atoms with Crippen molar-refractivity contribution in [1.29, 1.82) is 0 Å². The molecule has 718 valence electrons. The molecule has 4 atom stereocenters. The molecule has 5 aliphatic heterocycles. The molecule has 5 fully saturated rings. The monoisotopic (exact) mass is 1920 g/mol. The van der Waals surface area contributed by atoms with Gasteiger partial charge in [0.2, 0.25) is 47.3 Å². The Balaban J connectivity index is 0.000000227. The van der Waals surface area contributed by atoms with E-state index < -0.39 is 106 Å². The molecular weight excluding hydrogens is 1810 g/mol. The second-order valence-electron chi connectivity index (χ2n) is 33.6. The van der Waals surface area contributed by atoms with Crippen molar-refractivity contribution < 1.29 is 108 Å². The predicted octanol–water partition coefficient (Wildman–Crippen LogP) is 9.27. The van der Waals surface area contributed by atoms with Crippen LogP contribution in [0.4, 0.5) is 14.4 Å². The van der Waals surface area contributed by atoms with E-state index in [0.717, 1.165) is 67.3 Å². The van der Waals surface area contributed by atoms with Crippen molar-refractivity contribution in [3.05, 3.63) is 136 Å². The third kappa shape index (κ3) is 35.3. The molecule has 41 heteroatoms. The number of benzene rings is 4. The lowest BCUT2D eigenvalue weighted by atomic mass is 10.1. The largest absolute Gasteiger partial charge is 0.444 e. The molecule has 0 radical (unpaired) electrons. The second kappa shape index (κ2) is 52.9. The molecule has 0 spiro atoms. The average Bonchev–Trinajstić information content (AvgIpc) is 1.64. The zero-order valence-corrected chi connectivity index (χ0v) is 78.0. The first-order chi connectivity index (χ1) is 62.4. The highest BCUT2D eigenvalue weighted by Crippen LogP contribution is 2.30. The van der Waals surface area contributed by atoms with Gasteiger partial charge in [-0.05, 0) is 231 Å². The summed E-state index contributed by atoms with van der Waals surface area (Å²) < 4.78 is 68.9. The summed E-state index contributed by atoms with van der Waals surface area (Å²) in [4.78, 5) is 176. The van der Waals surface area contributed by atoms with Gasteiger partial charge >= 0.3 is 41.3 Å². The zero-order chi connectivity index (χ0) is 95.4. The fourth-order valence-electron chi connectivity index (χ4n) is 13.6. The van der Waals surface area contributed by atoms with Gasteiger partial charge in [-0.25, -0.2) is 33.6 Å². The lowest BCUT2D eigenvalue weighted by Gasteiger charge is -2.21. The van der Waals surface area contributed by atoms with E-state index in [9.17, 15) is 71.9 Å². The average molecular weight is 1930 g/mol. The number of halogens is 2. The molecule has 5 saturated heterocycles. The number of aryl methyl sites for hydroxylation is 2. The number of aromatic nitrogens is 4. The van der Waals surface area contributed by atoms with Gasteiger partial charge in [-0.15, -0.1) is 18.8 Å². The van der Waals surface area contributed by atoms with Gasteiger partial charge in [-0.2, -0.15) is 0 Å². The minimum Gasteiger partial charge on any atom is -0.444 e. The van der Waals surface area contributed by atoms with Gasteiger partial charge in [-0.1, -0.05) is 45.8 Å². The molecule has 13 rings (SSSR count). The van der Waals surface area contributed by atoms with Gasteiger partial charge in [-0.3, -0.25) is 77.9 Å². The molecule has 11 amide bonds. The standard InChI is InChI=1S/C23H31N3O7.C23H27N3O7.C18H23N3O5.C12H9BrN2O4.C11H19NO3.C4H8O.ClH/c2*1-23(2,3)33-21(29)24-11-5-13-31-12-4-6-15-7-8-16-18(14-15)32-22(30)26(16)17-9-10-19(27)25-20(17)28;19-8-2-10-25-9-1-3-12-4-5-13-15(11-12)26-18(24)21(13)14-6-7-16(22)20-17(14)23;13-6-1-2-7-9(5-6)19-12(18)15(7)8-3-4-10(16)14-11(8)17;1-5-8-14-9-6-7-12-10(13)15-11(2,3)4;1-2-4-5-3-1;/h7-8,14,17H,4-6,9-13H2,1-3H3,(H,24,29)(H,25,27,28);7-8,14,17H,5,9-13H2,1-3H3,(H,24,29)(H,25,27,28);4-5,11,14H,1-3,6-10,19H2,(H,20,22,23);1-2,5,8H,3-4H2,(H,14,16,17);1H,6-9H2,2-4H3,(H,12,13);1-4H2;1H. The number of terminal acetylenes is 1. The number of carbonyl (C=O) groups is 11. The number of ether oxygens (including phenoxy) is 8. The number of oxazole rings is 4. The lowest BCUT2D eigenvalue weighted by Crippen LogP contribution is -2.43. The van der Waals surface area contributed by atoms with Gasteiger partial charge in [0.15, 0.2) is 22.3 Å². The number of fused-ring (bicyclic) bond motifs is 4. The summed E-state index contributed by atoms with van der Waals surface area (Å²) in [7, 11) is 0. The second-order valence-corrected chi connectivity index (χ2v) is 34.5. The molecular formula is C91H118BrClN12O27. The number of amides is 11. The number of imide groups is 4. The summed E-state index contributed by atoms with van der Waals surface area (Å²) >= 11 is 3.29. The van der Waals surface area contributed by atoms with E-state index in [1.54, 1.807) is 75.4 Å². The van der Waals surface area contributed by atoms with Gasteiger partial charge in [0.25, 0.3) is 0 Å². The van der Waals surface area contributed by atoms with Crippen LogP contribution in [0.2, 0.25) is 0 Å². The first-order valence-electron chi connectivity index (χ1n) is 43.4. The highest BCUT2D eigenvalue weighted by atomic mass is 79.9. The van der Waals surface area contributed by atoms with Gasteiger partial charge in [0, 0.05) is 108 Å². The SMILES string of the molecule is C#CCOCCCNC(=O)OC(C)(C)C.C1CCOC1.CC(C)(C)OC(=O)NCCCOCC#Cc1ccc2c(c1)oc(=O)n2C1CCC(=O)NC1=O.CC(C)(C)OC(=O)NCCCOCCCc1ccc2c(c1)oc(=O)n2C1CCC(=O)NC1=O.Cl.NCCCOCCCc1ccc2c(c1)oc(=O)n2C1CCC(=O)NC1=O.O=C1CCC(n2c(=O)oc3cc(Br)ccc32)C(=O)N1. The van der Waals surface area contributed by atoms with Crippen LogP contribution in [0.3, 0.4) is 0 Å². The Labute approximate surface area is 775 Å². The number of piperidine rings is 4. The Morgan fingerprint density at radius 2 is 0.758 bits per heavy atom. The number of rotatable bonds is 29. The van der Waals surface area contributed by atoms with Crippen LogP contribution in [-0.2, 0) is 89.1 Å². The maximum Gasteiger partial charge on any atom is 0.420 e. The first kappa shape index (κ1) is 107. The number of hydrogen-bond acceptors (Lipinski definition) is 28. The van der Waals surface area contributed by atoms with Crippen LogP contribution < -0.4 is 66.0 Å². The van der Waals surface area contributed by atoms with Crippen LogP contribution in [0, 0.1) is 24.2 Å². The summed E-state index contributed by atoms with van der Waals surface area (Å²) in [5.74, 6) is 2.47. The van der Waals surface area contributed by atoms with Crippen molar-refractivity contribution in [2.24, 2.45) is 5.73 Å². The number of nitrogens with zero attached hydrogens (tertiary/aromatic N) is 4. The molecule has 0 aliphatic carbocycles. The van der Waals surface area contributed by atoms with Gasteiger partial charge < -0.3 is 77.2 Å². The summed E-state index contributed by atoms with van der Waals surface area (Å²) in [6.45, 7) is 24.3. The molecule has 8 aromatic rings. The normalized spacial score (nSPS) is 16.6. The van der Waals surface area contributed by atoms with Crippen LogP contribution in [0.1, 0.15) is 206 Å². The Morgan fingerprint density at radius 1 is 0.439 bits per heavy atom. The number of nitrogens with one attached hydrogen (secondary N) is 7. The minimum atomic E-state index is -0.786. The molecule has 0 saturated carbocycles. The minimum absolute atomic E-state index is 0. The smallest absolute Gasteiger partial charge is 0.420 e. The molecule has 4 aromatic heterocycles. The molecule has 4 aromatic carbocycles. The van der Waals surface area contributed by atoms with E-state index >= 15 is 0 Å². The summed E-state index contributed by atoms with van der Waals surface area (Å²) in [6.07, 6.45) is 14.2. The third-order valence-corrected chi connectivity index (χ3v) is 19.9. The van der Waals surface area contributed by atoms with Crippen molar-refractivity contribution in [2.75, 3.05) is 92.2 Å². The molecule has 0 bridgehead atoms. The van der Waals surface area contributed by atoms with Crippen LogP contribution in [0.25, 0.3) is 44.4 Å². The van der Waals surface area contributed by atoms with Gasteiger partial charge in [0.1, 0.15) is 54.2 Å². The maximum absolute atomic E-state index is 12.3. The topological polar surface area (TPSA) is 512 Å². The quantitative estimate of drug-likeness (QED) is 0.00936. The van der Waals surface area contributed by atoms with Crippen LogP contribution in [0.15, 0.2) is 114 Å². The van der Waals surface area contributed by atoms with Crippen molar-refractivity contribution in [1.82, 2.24) is 55.5 Å². The fraction of sp³-hybridized carbons (Fsp3) is 0.527. The molecule has 9 N–H and O–H groups in total. The van der Waals surface area contributed by atoms with E-state index in [1.165, 1.54) is 31.1 Å². The zero-order valence-electron chi connectivity index (χ0n) is 75.6. The van der Waals surface area contributed by atoms with Crippen molar-refractivity contribution in [2.45, 2.75) is 219 Å². The van der Waals surface area contributed by atoms with E-state index in [2.05, 4.69) is 70.9 Å². The van der Waals surface area contributed by atoms with Crippen molar-refractivity contribution >= 4 is 138 Å². The molecule has 5 aliphatic rings. The van der Waals surface area contributed by atoms with Crippen LogP contribution in [0.5, 0.6) is 0 Å². The van der Waals surface area contributed by atoms with Crippen LogP contribution in [-0.4, -0.2) is 193 Å². The maximum atomic E-state index is 12.3. The number of hydrogen-bond donors (Lipinski definition) is 8. The summed E-state index contributed by atoms with van der Waals surface area (Å²) in [5, 5.41) is 17.0. The molecule has 39 nitrogen and oxygen atoms in total. The Morgan fingerprint density at radius 3 is 1.09 bits per heavy atom. The van der Waals surface area contributed by atoms with Crippen LogP contribution >= 0.6 is 28.3 Å². The first-order valence-corrected chi connectivity index (χ1v) is 44.2. The van der Waals surface area contributed by atoms with E-state index in [-0.39, 0.29) is 81.2 Å². The van der Waals surface area contributed by atoms with Gasteiger partial charge in [0.05, 0.1) is 22.1 Å². The lowest BCUT2D eigenvalue weighted by molar-refractivity contribution is -0.137. The molecule has 9 heterocycles. The molecule has 4 unspecified atom stereocenters. The summed E-state index contributed by atoms with van der Waals surface area (Å²) in [6, 6.07) is 18.2. The van der Waals surface area contributed by atoms with Crippen molar-refractivity contribution in [3.63, 3.8) is 0 Å². The predicted molar refractivity (Wildman–Crippen MR) is 488 cm³/mol. The Kier molecular flexibility index (Phi) is 42.9. The molecule has 132 heavy (non-hydrogen) atoms. The highest BCUT2D eigenvalue weighted by Gasteiger charge is 2.36. The van der Waals surface area contributed by atoms with Crippen molar-refractivity contribution in [3.8, 4) is 24.2 Å². The third-order valence-electron chi connectivity index (χ3n) is 19.5. The number of alkyl carbamates (subject to hydrolysis) is 3. The number of carbonyl (C=O) groups excluding carboxylic acids is 11. The van der Waals surface area contributed by atoms with E-state index in [1.807, 2.05) is 59.7 Å². The highest BCUT2D eigenvalue weighted by molar-refractivity contribution is 9.10. The van der Waals surface area contributed by atoms with E-state index in [4.69, 9.17) is 67.7 Å². The Bertz CT molecular complexity index is 5650.